The minimum atomic E-state index is -1.15. The molecule has 4 N–H and O–H groups in total. The summed E-state index contributed by atoms with van der Waals surface area (Å²) in [4.78, 5) is 31.9. The Balaban J connectivity index is 1.42. The molecule has 0 aliphatic carbocycles. The fraction of sp³-hybridized carbons (Fsp3) is 0.231. The van der Waals surface area contributed by atoms with Crippen LogP contribution in [0.15, 0.2) is 61.2 Å². The van der Waals surface area contributed by atoms with Crippen LogP contribution in [-0.2, 0) is 24.2 Å². The molecule has 9 nitrogen and oxygen atoms in total. The lowest BCUT2D eigenvalue weighted by atomic mass is 9.98. The Morgan fingerprint density at radius 2 is 1.97 bits per heavy atom. The highest BCUT2D eigenvalue weighted by Crippen LogP contribution is 2.18. The van der Waals surface area contributed by atoms with E-state index in [1.54, 1.807) is 42.3 Å². The zero-order valence-corrected chi connectivity index (χ0v) is 20.0. The van der Waals surface area contributed by atoms with E-state index in [1.165, 1.54) is 12.1 Å². The predicted octanol–water partition coefficient (Wildman–Crippen LogP) is 3.64. The summed E-state index contributed by atoms with van der Waals surface area (Å²) in [6, 6.07) is 8.74. The average molecular weight is 491 g/mol. The molecule has 0 bridgehead atoms. The lowest BCUT2D eigenvalue weighted by Crippen LogP contribution is -2.42. The van der Waals surface area contributed by atoms with Crippen molar-refractivity contribution in [2.45, 2.75) is 39.3 Å². The van der Waals surface area contributed by atoms with E-state index in [-0.39, 0.29) is 6.42 Å². The Hall–Kier alpha value is -4.47. The van der Waals surface area contributed by atoms with E-state index < -0.39 is 23.7 Å². The number of anilines is 1. The molecule has 36 heavy (non-hydrogen) atoms. The van der Waals surface area contributed by atoms with Crippen LogP contribution < -0.4 is 10.6 Å². The summed E-state index contributed by atoms with van der Waals surface area (Å²) in [6.07, 6.45) is 7.60. The number of hydrogen-bond acceptors (Lipinski definition) is 5. The van der Waals surface area contributed by atoms with Crippen LogP contribution in [0.4, 0.5) is 10.3 Å². The number of aryl methyl sites for hydroxylation is 2. The van der Waals surface area contributed by atoms with Crippen LogP contribution in [0.1, 0.15) is 39.5 Å². The Bertz CT molecular complexity index is 1350. The van der Waals surface area contributed by atoms with Gasteiger partial charge in [-0.15, -0.1) is 0 Å². The SMILES string of the molecule is CCc1cc(F)cc(C)c1C(=O)NC(Cc1ccc(-n2cc(CNc3ncc[nH]3)cn2)cc1)C(=O)O. The van der Waals surface area contributed by atoms with E-state index in [0.29, 0.717) is 35.6 Å². The van der Waals surface area contributed by atoms with E-state index in [4.69, 9.17) is 0 Å². The third kappa shape index (κ3) is 5.77. The van der Waals surface area contributed by atoms with Crippen LogP contribution in [0, 0.1) is 12.7 Å². The van der Waals surface area contributed by atoms with Gasteiger partial charge < -0.3 is 20.7 Å². The summed E-state index contributed by atoms with van der Waals surface area (Å²) in [5.41, 5.74) is 3.84. The van der Waals surface area contributed by atoms with Gasteiger partial charge in [0.25, 0.3) is 5.91 Å². The Labute approximate surface area is 207 Å². The Morgan fingerprint density at radius 1 is 1.19 bits per heavy atom. The standard InChI is InChI=1S/C26H27FN6O3/c1-3-19-12-20(27)10-16(2)23(19)24(34)32-22(25(35)36)11-17-4-6-21(7-5-17)33-15-18(14-31-33)13-30-26-28-8-9-29-26/h4-10,12,14-15,22H,3,11,13H2,1-2H3,(H,32,34)(H,35,36)(H2,28,29,30). The fourth-order valence-electron chi connectivity index (χ4n) is 4.01. The van der Waals surface area contributed by atoms with E-state index >= 15 is 0 Å². The number of carboxylic acid groups (broad SMARTS) is 1. The number of nitrogens with one attached hydrogen (secondary N) is 3. The van der Waals surface area contributed by atoms with Gasteiger partial charge in [-0.2, -0.15) is 5.10 Å². The Morgan fingerprint density at radius 3 is 2.64 bits per heavy atom. The van der Waals surface area contributed by atoms with Gasteiger partial charge in [-0.25, -0.2) is 18.9 Å². The summed E-state index contributed by atoms with van der Waals surface area (Å²) in [6.45, 7) is 4.01. The molecule has 2 aromatic carbocycles. The third-order valence-corrected chi connectivity index (χ3v) is 5.83. The molecule has 1 atom stereocenters. The van der Waals surface area contributed by atoms with E-state index in [9.17, 15) is 19.1 Å². The topological polar surface area (TPSA) is 125 Å². The molecular weight excluding hydrogens is 463 g/mol. The quantitative estimate of drug-likeness (QED) is 0.269. The Kier molecular flexibility index (Phi) is 7.43. The van der Waals surface area contributed by atoms with Gasteiger partial charge in [0.15, 0.2) is 5.95 Å². The second-order valence-electron chi connectivity index (χ2n) is 8.43. The maximum atomic E-state index is 13.8. The van der Waals surface area contributed by atoms with Gasteiger partial charge in [0.1, 0.15) is 11.9 Å². The van der Waals surface area contributed by atoms with Crippen molar-refractivity contribution in [3.8, 4) is 5.69 Å². The molecule has 0 radical (unpaired) electrons. The first-order valence-corrected chi connectivity index (χ1v) is 11.5. The number of aliphatic carboxylic acids is 1. The zero-order valence-electron chi connectivity index (χ0n) is 20.0. The number of benzene rings is 2. The number of halogens is 1. The molecule has 2 aromatic heterocycles. The number of rotatable bonds is 10. The molecule has 0 aliphatic heterocycles. The molecule has 4 rings (SSSR count). The highest BCUT2D eigenvalue weighted by atomic mass is 19.1. The van der Waals surface area contributed by atoms with Crippen LogP contribution >= 0.6 is 0 Å². The largest absolute Gasteiger partial charge is 0.480 e. The van der Waals surface area contributed by atoms with Crippen LogP contribution in [0.2, 0.25) is 0 Å². The lowest BCUT2D eigenvalue weighted by Gasteiger charge is -2.18. The molecular formula is C26H27FN6O3. The first kappa shape index (κ1) is 24.6. The summed E-state index contributed by atoms with van der Waals surface area (Å²) in [5.74, 6) is -1.42. The second kappa shape index (κ2) is 10.9. The van der Waals surface area contributed by atoms with Gasteiger partial charge in [0.05, 0.1) is 11.9 Å². The molecule has 10 heteroatoms. The number of aromatic amines is 1. The van der Waals surface area contributed by atoms with E-state index in [2.05, 4.69) is 25.7 Å². The number of imidazole rings is 1. The lowest BCUT2D eigenvalue weighted by molar-refractivity contribution is -0.139. The molecule has 0 saturated carbocycles. The van der Waals surface area contributed by atoms with Gasteiger partial charge in [0.2, 0.25) is 0 Å². The molecule has 0 spiro atoms. The van der Waals surface area contributed by atoms with Gasteiger partial charge in [-0.1, -0.05) is 19.1 Å². The third-order valence-electron chi connectivity index (χ3n) is 5.83. The first-order chi connectivity index (χ1) is 17.3. The molecule has 4 aromatic rings. The van der Waals surface area contributed by atoms with E-state index in [0.717, 1.165) is 16.8 Å². The van der Waals surface area contributed by atoms with Crippen molar-refractivity contribution >= 4 is 17.8 Å². The average Bonchev–Trinajstić information content (AvgIpc) is 3.54. The maximum Gasteiger partial charge on any atom is 0.326 e. The molecule has 1 amide bonds. The van der Waals surface area contributed by atoms with Crippen LogP contribution in [0.3, 0.4) is 0 Å². The smallest absolute Gasteiger partial charge is 0.326 e. The number of amides is 1. The molecule has 1 unspecified atom stereocenters. The van der Waals surface area contributed by atoms with Crippen molar-refractivity contribution in [2.24, 2.45) is 0 Å². The highest BCUT2D eigenvalue weighted by molar-refractivity contribution is 5.99. The summed E-state index contributed by atoms with van der Waals surface area (Å²) in [5, 5.41) is 19.9. The summed E-state index contributed by atoms with van der Waals surface area (Å²) >= 11 is 0. The fourth-order valence-corrected chi connectivity index (χ4v) is 4.01. The summed E-state index contributed by atoms with van der Waals surface area (Å²) < 4.78 is 15.5. The molecule has 0 aliphatic rings. The normalized spacial score (nSPS) is 11.8. The van der Waals surface area contributed by atoms with Crippen LogP contribution in [0.5, 0.6) is 0 Å². The number of carbonyl (C=O) groups is 2. The van der Waals surface area contributed by atoms with Gasteiger partial charge >= 0.3 is 5.97 Å². The van der Waals surface area contributed by atoms with Crippen molar-refractivity contribution in [3.63, 3.8) is 0 Å². The number of hydrogen-bond donors (Lipinski definition) is 4. The maximum absolute atomic E-state index is 13.8. The number of H-pyrrole nitrogens is 1. The summed E-state index contributed by atoms with van der Waals surface area (Å²) in [7, 11) is 0. The molecule has 0 fully saturated rings. The van der Waals surface area contributed by atoms with Gasteiger partial charge in [-0.05, 0) is 54.3 Å². The monoisotopic (exact) mass is 490 g/mol. The van der Waals surface area contributed by atoms with Crippen molar-refractivity contribution in [1.82, 2.24) is 25.1 Å². The van der Waals surface area contributed by atoms with Crippen molar-refractivity contribution in [2.75, 3.05) is 5.32 Å². The van der Waals surface area contributed by atoms with Gasteiger partial charge in [0, 0.05) is 42.7 Å². The van der Waals surface area contributed by atoms with Gasteiger partial charge in [-0.3, -0.25) is 4.79 Å². The highest BCUT2D eigenvalue weighted by Gasteiger charge is 2.24. The number of carboxylic acids is 1. The minimum Gasteiger partial charge on any atom is -0.480 e. The van der Waals surface area contributed by atoms with Crippen molar-refractivity contribution < 1.29 is 19.1 Å². The molecule has 186 valence electrons. The minimum absolute atomic E-state index is 0.0977. The van der Waals surface area contributed by atoms with Crippen LogP contribution in [-0.4, -0.2) is 42.8 Å². The number of carbonyl (C=O) groups excluding carboxylic acids is 1. The zero-order chi connectivity index (χ0) is 25.7. The second-order valence-corrected chi connectivity index (χ2v) is 8.43. The first-order valence-electron chi connectivity index (χ1n) is 11.5. The number of nitrogens with zero attached hydrogens (tertiary/aromatic N) is 3. The van der Waals surface area contributed by atoms with Crippen LogP contribution in [0.25, 0.3) is 5.69 Å². The predicted molar refractivity (Wildman–Crippen MR) is 133 cm³/mol. The van der Waals surface area contributed by atoms with Crippen molar-refractivity contribution in [1.29, 1.82) is 0 Å². The molecule has 0 saturated heterocycles. The molecule has 2 heterocycles. The number of aromatic nitrogens is 4. The van der Waals surface area contributed by atoms with Crippen molar-refractivity contribution in [3.05, 3.63) is 94.8 Å². The van der Waals surface area contributed by atoms with E-state index in [1.807, 2.05) is 25.3 Å².